The molecule has 0 amide bonds. The van der Waals surface area contributed by atoms with E-state index in [2.05, 4.69) is 56.9 Å². The lowest BCUT2D eigenvalue weighted by atomic mass is 9.99. The molecule has 16 heavy (non-hydrogen) atoms. The highest BCUT2D eigenvalue weighted by Gasteiger charge is 2.26. The fourth-order valence-electron chi connectivity index (χ4n) is 2.53. The first kappa shape index (κ1) is 12.0. The van der Waals surface area contributed by atoms with Crippen molar-refractivity contribution in [2.75, 3.05) is 5.75 Å². The van der Waals surface area contributed by atoms with Crippen LogP contribution in [0.2, 0.25) is 0 Å². The first-order chi connectivity index (χ1) is 7.61. The molecule has 1 aromatic rings. The number of nitrogens with one attached hydrogen (secondary N) is 1. The van der Waals surface area contributed by atoms with Crippen molar-refractivity contribution in [3.8, 4) is 0 Å². The minimum atomic E-state index is 0.505. The number of aryl methyl sites for hydroxylation is 3. The second-order valence-electron chi connectivity index (χ2n) is 4.80. The van der Waals surface area contributed by atoms with Crippen LogP contribution in [-0.2, 0) is 0 Å². The Hall–Kier alpha value is -0.470. The molecule has 0 spiro atoms. The molecule has 1 N–H and O–H groups in total. The van der Waals surface area contributed by atoms with E-state index in [0.717, 1.165) is 0 Å². The predicted octanol–water partition coefficient (Wildman–Crippen LogP) is 3.73. The third-order valence-corrected chi connectivity index (χ3v) is 4.64. The second kappa shape index (κ2) is 4.80. The molecule has 0 bridgehead atoms. The van der Waals surface area contributed by atoms with Crippen LogP contribution in [0.5, 0.6) is 0 Å². The van der Waals surface area contributed by atoms with Gasteiger partial charge in [-0.15, -0.1) is 11.8 Å². The molecule has 1 aliphatic heterocycles. The molecule has 1 saturated heterocycles. The van der Waals surface area contributed by atoms with E-state index in [9.17, 15) is 0 Å². The average Bonchev–Trinajstić information content (AvgIpc) is 2.64. The lowest BCUT2D eigenvalue weighted by Crippen LogP contribution is -2.25. The summed E-state index contributed by atoms with van der Waals surface area (Å²) in [7, 11) is 0. The summed E-state index contributed by atoms with van der Waals surface area (Å²) in [5.41, 5.74) is 5.74. The maximum absolute atomic E-state index is 3.72. The molecular weight excluding hydrogens is 214 g/mol. The van der Waals surface area contributed by atoms with Crippen LogP contribution in [0.1, 0.15) is 41.0 Å². The highest BCUT2D eigenvalue weighted by Crippen LogP contribution is 2.37. The van der Waals surface area contributed by atoms with Crippen molar-refractivity contribution < 1.29 is 0 Å². The van der Waals surface area contributed by atoms with E-state index in [0.29, 0.717) is 11.4 Å². The summed E-state index contributed by atoms with van der Waals surface area (Å²) in [5.74, 6) is 1.24. The van der Waals surface area contributed by atoms with Crippen molar-refractivity contribution in [2.45, 2.75) is 45.5 Å². The molecule has 2 heteroatoms. The summed E-state index contributed by atoms with van der Waals surface area (Å²) in [5, 5.41) is 4.23. The molecular formula is C14H21NS. The van der Waals surface area contributed by atoms with Gasteiger partial charge in [-0.2, -0.15) is 0 Å². The van der Waals surface area contributed by atoms with Gasteiger partial charge in [-0.05, 0) is 43.9 Å². The molecule has 2 rings (SSSR count). The summed E-state index contributed by atoms with van der Waals surface area (Å²) in [6.45, 7) is 8.90. The summed E-state index contributed by atoms with van der Waals surface area (Å²) in [4.78, 5) is 0. The zero-order valence-corrected chi connectivity index (χ0v) is 11.4. The quantitative estimate of drug-likeness (QED) is 0.838. The van der Waals surface area contributed by atoms with Crippen molar-refractivity contribution in [1.29, 1.82) is 0 Å². The maximum atomic E-state index is 3.72. The zero-order valence-electron chi connectivity index (χ0n) is 10.6. The van der Waals surface area contributed by atoms with Crippen molar-refractivity contribution in [2.24, 2.45) is 0 Å². The molecule has 1 aliphatic rings. The van der Waals surface area contributed by atoms with Crippen molar-refractivity contribution in [3.63, 3.8) is 0 Å². The van der Waals surface area contributed by atoms with Gasteiger partial charge in [0.05, 0.1) is 5.37 Å². The zero-order chi connectivity index (χ0) is 11.7. The van der Waals surface area contributed by atoms with Gasteiger partial charge >= 0.3 is 0 Å². The van der Waals surface area contributed by atoms with Crippen molar-refractivity contribution >= 4 is 11.8 Å². The Kier molecular flexibility index (Phi) is 3.60. The van der Waals surface area contributed by atoms with Gasteiger partial charge in [0.25, 0.3) is 0 Å². The number of benzene rings is 1. The molecule has 1 fully saturated rings. The first-order valence-electron chi connectivity index (χ1n) is 6.07. The standard InChI is InChI=1S/C14H21NS/c1-5-12-8-16-14(15-12)13-10(3)6-9(2)7-11(13)4/h6-7,12,14-15H,5,8H2,1-4H3. The van der Waals surface area contributed by atoms with Crippen LogP contribution in [0.3, 0.4) is 0 Å². The Morgan fingerprint density at radius 3 is 2.38 bits per heavy atom. The molecule has 2 atom stereocenters. The highest BCUT2D eigenvalue weighted by molar-refractivity contribution is 7.99. The third kappa shape index (κ3) is 2.28. The van der Waals surface area contributed by atoms with Gasteiger partial charge in [-0.25, -0.2) is 0 Å². The topological polar surface area (TPSA) is 12.0 Å². The third-order valence-electron chi connectivity index (χ3n) is 3.34. The molecule has 0 aliphatic carbocycles. The number of hydrogen-bond donors (Lipinski definition) is 1. The van der Waals surface area contributed by atoms with Crippen LogP contribution in [0.15, 0.2) is 12.1 Å². The monoisotopic (exact) mass is 235 g/mol. The smallest absolute Gasteiger partial charge is 0.0797 e. The van der Waals surface area contributed by atoms with Gasteiger partial charge in [0.15, 0.2) is 0 Å². The van der Waals surface area contributed by atoms with E-state index < -0.39 is 0 Å². The highest BCUT2D eigenvalue weighted by atomic mass is 32.2. The van der Waals surface area contributed by atoms with Crippen LogP contribution in [0, 0.1) is 20.8 Å². The van der Waals surface area contributed by atoms with E-state index in [1.165, 1.54) is 34.4 Å². The molecule has 1 heterocycles. The molecule has 0 saturated carbocycles. The minimum absolute atomic E-state index is 0.505. The normalized spacial score (nSPS) is 25.0. The van der Waals surface area contributed by atoms with E-state index in [-0.39, 0.29) is 0 Å². The molecule has 0 aromatic heterocycles. The Labute approximate surface area is 103 Å². The fraction of sp³-hybridized carbons (Fsp3) is 0.571. The van der Waals surface area contributed by atoms with Crippen LogP contribution in [-0.4, -0.2) is 11.8 Å². The maximum Gasteiger partial charge on any atom is 0.0797 e. The number of rotatable bonds is 2. The Balaban J connectivity index is 2.28. The largest absolute Gasteiger partial charge is 0.298 e. The summed E-state index contributed by atoms with van der Waals surface area (Å²) < 4.78 is 0. The van der Waals surface area contributed by atoms with Gasteiger partial charge in [0, 0.05) is 11.8 Å². The van der Waals surface area contributed by atoms with Gasteiger partial charge in [0.2, 0.25) is 0 Å². The minimum Gasteiger partial charge on any atom is -0.298 e. The summed E-state index contributed by atoms with van der Waals surface area (Å²) in [6, 6.07) is 5.28. The lowest BCUT2D eigenvalue weighted by molar-refractivity contribution is 0.559. The molecule has 88 valence electrons. The van der Waals surface area contributed by atoms with Gasteiger partial charge in [-0.1, -0.05) is 24.6 Å². The number of hydrogen-bond acceptors (Lipinski definition) is 2. The van der Waals surface area contributed by atoms with Crippen LogP contribution < -0.4 is 5.32 Å². The Morgan fingerprint density at radius 2 is 1.88 bits per heavy atom. The molecule has 1 nitrogen and oxygen atoms in total. The molecule has 0 radical (unpaired) electrons. The average molecular weight is 235 g/mol. The van der Waals surface area contributed by atoms with E-state index in [1.54, 1.807) is 0 Å². The van der Waals surface area contributed by atoms with Gasteiger partial charge in [0.1, 0.15) is 0 Å². The fourth-order valence-corrected chi connectivity index (χ4v) is 4.11. The Morgan fingerprint density at radius 1 is 1.25 bits per heavy atom. The first-order valence-corrected chi connectivity index (χ1v) is 7.12. The van der Waals surface area contributed by atoms with Crippen molar-refractivity contribution in [3.05, 3.63) is 34.4 Å². The van der Waals surface area contributed by atoms with Gasteiger partial charge < -0.3 is 0 Å². The van der Waals surface area contributed by atoms with E-state index in [1.807, 2.05) is 0 Å². The van der Waals surface area contributed by atoms with E-state index >= 15 is 0 Å². The van der Waals surface area contributed by atoms with Crippen LogP contribution in [0.4, 0.5) is 0 Å². The SMILES string of the molecule is CCC1CSC(c2c(C)cc(C)cc2C)N1. The summed E-state index contributed by atoms with van der Waals surface area (Å²) >= 11 is 2.05. The predicted molar refractivity (Wildman–Crippen MR) is 73.1 cm³/mol. The second-order valence-corrected chi connectivity index (χ2v) is 5.94. The van der Waals surface area contributed by atoms with Crippen molar-refractivity contribution in [1.82, 2.24) is 5.32 Å². The van der Waals surface area contributed by atoms with Crippen LogP contribution >= 0.6 is 11.8 Å². The van der Waals surface area contributed by atoms with Crippen LogP contribution in [0.25, 0.3) is 0 Å². The van der Waals surface area contributed by atoms with Gasteiger partial charge in [-0.3, -0.25) is 5.32 Å². The molecule has 1 aromatic carbocycles. The summed E-state index contributed by atoms with van der Waals surface area (Å²) in [6.07, 6.45) is 1.23. The Bertz CT molecular complexity index is 363. The number of thioether (sulfide) groups is 1. The lowest BCUT2D eigenvalue weighted by Gasteiger charge is -2.18. The van der Waals surface area contributed by atoms with E-state index in [4.69, 9.17) is 0 Å². The molecule has 2 unspecified atom stereocenters.